The number of rotatable bonds is 3. The highest BCUT2D eigenvalue weighted by Gasteiger charge is 1.96. The van der Waals surface area contributed by atoms with Gasteiger partial charge in [0.25, 0.3) is 0 Å². The maximum atomic E-state index is 12.5. The molecule has 1 aromatic rings. The highest BCUT2D eigenvalue weighted by molar-refractivity contribution is 5.16. The second-order valence-corrected chi connectivity index (χ2v) is 3.14. The third-order valence-electron chi connectivity index (χ3n) is 1.80. The summed E-state index contributed by atoms with van der Waals surface area (Å²) in [6.45, 7) is 1.98. The maximum Gasteiger partial charge on any atom is 0.123 e. The smallest absolute Gasteiger partial charge is 0.123 e. The lowest BCUT2D eigenvalue weighted by atomic mass is 10.1. The number of hydrogen-bond donors (Lipinski definition) is 1. The predicted molar refractivity (Wildman–Crippen MR) is 48.4 cm³/mol. The van der Waals surface area contributed by atoms with Crippen molar-refractivity contribution < 1.29 is 16.8 Å². The van der Waals surface area contributed by atoms with Gasteiger partial charge in [0.1, 0.15) is 5.82 Å². The Morgan fingerprint density at radius 2 is 1.85 bits per heavy atom. The van der Waals surface area contributed by atoms with Crippen LogP contribution in [0.1, 0.15) is 18.9 Å². The quantitative estimate of drug-likeness (QED) is 0.677. The van der Waals surface area contributed by atoms with Gasteiger partial charge in [-0.05, 0) is 37.5 Å². The highest BCUT2D eigenvalue weighted by Crippen LogP contribution is 2.05. The molecule has 0 radical (unpaired) electrons. The minimum Gasteiger partial charge on any atom is -1.00 e. The maximum absolute atomic E-state index is 12.5. The molecular weight excluding hydrogens is 189 g/mol. The van der Waals surface area contributed by atoms with E-state index in [1.807, 2.05) is 6.92 Å². The fourth-order valence-corrected chi connectivity index (χ4v) is 1.05. The molecule has 1 unspecified atom stereocenters. The average molecular weight is 203 g/mol. The monoisotopic (exact) mass is 202 g/mol. The van der Waals surface area contributed by atoms with Crippen molar-refractivity contribution in [3.63, 3.8) is 0 Å². The first-order chi connectivity index (χ1) is 5.68. The number of halogens is 2. The van der Waals surface area contributed by atoms with E-state index in [1.54, 1.807) is 12.1 Å². The fourth-order valence-electron chi connectivity index (χ4n) is 1.05. The van der Waals surface area contributed by atoms with Crippen LogP contribution in [0.5, 0.6) is 0 Å². The van der Waals surface area contributed by atoms with E-state index in [-0.39, 0.29) is 24.3 Å². The van der Waals surface area contributed by atoms with Crippen molar-refractivity contribution in [1.82, 2.24) is 0 Å². The van der Waals surface area contributed by atoms with E-state index in [0.29, 0.717) is 0 Å². The molecule has 0 saturated heterocycles. The van der Waals surface area contributed by atoms with E-state index in [4.69, 9.17) is 5.73 Å². The molecule has 74 valence electrons. The van der Waals surface area contributed by atoms with Crippen molar-refractivity contribution in [1.29, 1.82) is 0 Å². The van der Waals surface area contributed by atoms with Gasteiger partial charge in [0, 0.05) is 6.04 Å². The highest BCUT2D eigenvalue weighted by atomic mass is 35.5. The van der Waals surface area contributed by atoms with Gasteiger partial charge in [-0.1, -0.05) is 12.1 Å². The van der Waals surface area contributed by atoms with E-state index in [0.717, 1.165) is 18.4 Å². The van der Waals surface area contributed by atoms with Crippen LogP contribution >= 0.6 is 0 Å². The molecule has 0 aliphatic carbocycles. The Hall–Kier alpha value is -0.600. The van der Waals surface area contributed by atoms with Gasteiger partial charge in [0.2, 0.25) is 0 Å². The fraction of sp³-hybridized carbons (Fsp3) is 0.400. The molecule has 0 amide bonds. The number of aryl methyl sites for hydroxylation is 1. The molecule has 0 aromatic heterocycles. The van der Waals surface area contributed by atoms with Gasteiger partial charge in [-0.3, -0.25) is 0 Å². The van der Waals surface area contributed by atoms with Gasteiger partial charge in [-0.25, -0.2) is 4.39 Å². The van der Waals surface area contributed by atoms with E-state index < -0.39 is 0 Å². The Balaban J connectivity index is 0.00000144. The summed E-state index contributed by atoms with van der Waals surface area (Å²) in [5, 5.41) is 0. The zero-order chi connectivity index (χ0) is 8.97. The predicted octanol–water partition coefficient (Wildman–Crippen LogP) is -0.890. The Morgan fingerprint density at radius 3 is 2.31 bits per heavy atom. The third-order valence-corrected chi connectivity index (χ3v) is 1.80. The molecule has 1 atom stereocenters. The van der Waals surface area contributed by atoms with Crippen molar-refractivity contribution in [3.8, 4) is 0 Å². The summed E-state index contributed by atoms with van der Waals surface area (Å²) in [4.78, 5) is 0. The zero-order valence-corrected chi connectivity index (χ0v) is 8.39. The molecule has 13 heavy (non-hydrogen) atoms. The molecule has 0 aliphatic rings. The van der Waals surface area contributed by atoms with Crippen LogP contribution in [0, 0.1) is 5.82 Å². The first-order valence-electron chi connectivity index (χ1n) is 4.18. The lowest BCUT2D eigenvalue weighted by Crippen LogP contribution is -3.00. The molecule has 2 N–H and O–H groups in total. The van der Waals surface area contributed by atoms with Crippen molar-refractivity contribution in [2.75, 3.05) is 0 Å². The lowest BCUT2D eigenvalue weighted by Gasteiger charge is -2.04. The zero-order valence-electron chi connectivity index (χ0n) is 7.63. The molecule has 1 rings (SSSR count). The summed E-state index contributed by atoms with van der Waals surface area (Å²) in [7, 11) is 0. The molecule has 0 saturated carbocycles. The van der Waals surface area contributed by atoms with E-state index in [2.05, 4.69) is 0 Å². The largest absolute Gasteiger partial charge is 1.00 e. The van der Waals surface area contributed by atoms with Crippen LogP contribution in [0.2, 0.25) is 0 Å². The minimum atomic E-state index is -0.181. The summed E-state index contributed by atoms with van der Waals surface area (Å²) >= 11 is 0. The summed E-state index contributed by atoms with van der Waals surface area (Å²) in [6, 6.07) is 6.79. The van der Waals surface area contributed by atoms with Crippen LogP contribution in [0.15, 0.2) is 24.3 Å². The number of benzene rings is 1. The Bertz CT molecular complexity index is 233. The molecule has 1 nitrogen and oxygen atoms in total. The number of hydrogen-bond acceptors (Lipinski definition) is 1. The van der Waals surface area contributed by atoms with Crippen LogP contribution < -0.4 is 18.1 Å². The van der Waals surface area contributed by atoms with Gasteiger partial charge in [-0.15, -0.1) is 0 Å². The summed E-state index contributed by atoms with van der Waals surface area (Å²) < 4.78 is 12.5. The second kappa shape index (κ2) is 5.95. The van der Waals surface area contributed by atoms with Crippen LogP contribution in [-0.4, -0.2) is 6.04 Å². The first-order valence-corrected chi connectivity index (χ1v) is 4.18. The molecule has 0 bridgehead atoms. The molecule has 0 heterocycles. The van der Waals surface area contributed by atoms with Crippen LogP contribution in [0.4, 0.5) is 4.39 Å². The molecule has 0 aliphatic heterocycles. The minimum absolute atomic E-state index is 0. The van der Waals surface area contributed by atoms with Crippen molar-refractivity contribution in [3.05, 3.63) is 35.6 Å². The summed E-state index contributed by atoms with van der Waals surface area (Å²) in [5.74, 6) is -0.181. The van der Waals surface area contributed by atoms with E-state index >= 15 is 0 Å². The van der Waals surface area contributed by atoms with Gasteiger partial charge in [0.15, 0.2) is 0 Å². The van der Waals surface area contributed by atoms with Gasteiger partial charge in [-0.2, -0.15) is 0 Å². The van der Waals surface area contributed by atoms with Gasteiger partial charge >= 0.3 is 0 Å². The standard InChI is InChI=1S/C10H14FN.ClH/c1-8(12)2-3-9-4-6-10(11)7-5-9;/h4-8H,2-3,12H2,1H3;1H/p-1. The first kappa shape index (κ1) is 12.4. The van der Waals surface area contributed by atoms with Crippen molar-refractivity contribution in [2.24, 2.45) is 5.73 Å². The molecular formula is C10H14ClFN-. The lowest BCUT2D eigenvalue weighted by molar-refractivity contribution is -0.00000337. The molecule has 0 spiro atoms. The summed E-state index contributed by atoms with van der Waals surface area (Å²) in [6.07, 6.45) is 1.88. The Kier molecular flexibility index (Phi) is 5.67. The van der Waals surface area contributed by atoms with Gasteiger partial charge in [0.05, 0.1) is 0 Å². The molecule has 3 heteroatoms. The van der Waals surface area contributed by atoms with Crippen molar-refractivity contribution >= 4 is 0 Å². The third kappa shape index (κ3) is 4.86. The van der Waals surface area contributed by atoms with Crippen LogP contribution in [0.25, 0.3) is 0 Å². The van der Waals surface area contributed by atoms with Gasteiger partial charge < -0.3 is 18.1 Å². The number of nitrogens with two attached hydrogens (primary N) is 1. The Labute approximate surface area is 84.5 Å². The topological polar surface area (TPSA) is 26.0 Å². The normalized spacial score (nSPS) is 11.9. The average Bonchev–Trinajstić information content (AvgIpc) is 2.03. The van der Waals surface area contributed by atoms with E-state index in [9.17, 15) is 4.39 Å². The van der Waals surface area contributed by atoms with E-state index in [1.165, 1.54) is 12.1 Å². The second-order valence-electron chi connectivity index (χ2n) is 3.14. The molecule has 1 aromatic carbocycles. The van der Waals surface area contributed by atoms with Crippen molar-refractivity contribution in [2.45, 2.75) is 25.8 Å². The van der Waals surface area contributed by atoms with Crippen LogP contribution in [-0.2, 0) is 6.42 Å². The van der Waals surface area contributed by atoms with Crippen LogP contribution in [0.3, 0.4) is 0 Å². The summed E-state index contributed by atoms with van der Waals surface area (Å²) in [5.41, 5.74) is 6.74. The Morgan fingerprint density at radius 1 is 1.31 bits per heavy atom. The SMILES string of the molecule is CC(N)CCc1ccc(F)cc1.[Cl-]. The molecule has 0 fully saturated rings.